The van der Waals surface area contributed by atoms with Crippen LogP contribution in [0.1, 0.15) is 59.8 Å². The second-order valence-electron chi connectivity index (χ2n) is 7.48. The zero-order chi connectivity index (χ0) is 16.4. The molecule has 2 aliphatic heterocycles. The summed E-state index contributed by atoms with van der Waals surface area (Å²) in [5.74, 6) is 2.57. The zero-order valence-corrected chi connectivity index (χ0v) is 14.9. The lowest BCUT2D eigenvalue weighted by molar-refractivity contribution is 0.0399. The number of hydrogen-bond acceptors (Lipinski definition) is 4. The van der Waals surface area contributed by atoms with E-state index in [-0.39, 0.29) is 11.9 Å². The van der Waals surface area contributed by atoms with Gasteiger partial charge < -0.3 is 19.1 Å². The van der Waals surface area contributed by atoms with Crippen LogP contribution in [-0.2, 0) is 0 Å². The van der Waals surface area contributed by atoms with Crippen molar-refractivity contribution < 1.29 is 14.2 Å². The van der Waals surface area contributed by atoms with E-state index in [1.807, 2.05) is 6.07 Å². The molecule has 0 saturated carbocycles. The van der Waals surface area contributed by atoms with Gasteiger partial charge in [-0.2, -0.15) is 0 Å². The van der Waals surface area contributed by atoms with Crippen LogP contribution in [0.4, 0.5) is 5.69 Å². The highest BCUT2D eigenvalue weighted by atomic mass is 16.7. The number of anilines is 1. The summed E-state index contributed by atoms with van der Waals surface area (Å²) in [5, 5.41) is 0. The molecule has 0 radical (unpaired) electrons. The SMILES string of the molecule is CCCCC1Oc2cc(OC(C)(C)C)c(N3CCCC3)cc2O1. The fourth-order valence-corrected chi connectivity index (χ4v) is 3.13. The molecule has 0 spiro atoms. The van der Waals surface area contributed by atoms with Gasteiger partial charge >= 0.3 is 0 Å². The van der Waals surface area contributed by atoms with Gasteiger partial charge in [-0.3, -0.25) is 0 Å². The van der Waals surface area contributed by atoms with Crippen molar-refractivity contribution in [2.24, 2.45) is 0 Å². The third-order valence-corrected chi connectivity index (χ3v) is 4.20. The summed E-state index contributed by atoms with van der Waals surface area (Å²) in [4.78, 5) is 2.39. The molecule has 3 rings (SSSR count). The van der Waals surface area contributed by atoms with Crippen LogP contribution in [0.3, 0.4) is 0 Å². The normalized spacial score (nSPS) is 20.2. The third kappa shape index (κ3) is 3.85. The van der Waals surface area contributed by atoms with Gasteiger partial charge in [-0.25, -0.2) is 0 Å². The molecular weight excluding hydrogens is 290 g/mol. The first-order chi connectivity index (χ1) is 11.0. The van der Waals surface area contributed by atoms with Crippen molar-refractivity contribution in [3.8, 4) is 17.2 Å². The second kappa shape index (κ2) is 6.50. The first-order valence-electron chi connectivity index (χ1n) is 8.91. The molecule has 4 heteroatoms. The maximum atomic E-state index is 6.21. The first kappa shape index (κ1) is 16.3. The van der Waals surface area contributed by atoms with E-state index in [4.69, 9.17) is 14.2 Å². The van der Waals surface area contributed by atoms with E-state index >= 15 is 0 Å². The Bertz CT molecular complexity index is 544. The van der Waals surface area contributed by atoms with Crippen molar-refractivity contribution in [1.29, 1.82) is 0 Å². The van der Waals surface area contributed by atoms with Gasteiger partial charge in [0.1, 0.15) is 11.4 Å². The Morgan fingerprint density at radius 2 is 1.78 bits per heavy atom. The molecule has 0 N–H and O–H groups in total. The topological polar surface area (TPSA) is 30.9 Å². The summed E-state index contributed by atoms with van der Waals surface area (Å²) in [6.45, 7) is 10.6. The van der Waals surface area contributed by atoms with E-state index in [2.05, 4.69) is 38.7 Å². The average Bonchev–Trinajstić information content (AvgIpc) is 3.11. The third-order valence-electron chi connectivity index (χ3n) is 4.20. The fraction of sp³-hybridized carbons (Fsp3) is 0.684. The van der Waals surface area contributed by atoms with E-state index in [1.54, 1.807) is 0 Å². The van der Waals surface area contributed by atoms with Gasteiger partial charge in [0, 0.05) is 31.6 Å². The van der Waals surface area contributed by atoms with Crippen molar-refractivity contribution in [2.75, 3.05) is 18.0 Å². The van der Waals surface area contributed by atoms with Gasteiger partial charge in [0.25, 0.3) is 0 Å². The van der Waals surface area contributed by atoms with Gasteiger partial charge in [0.2, 0.25) is 6.29 Å². The smallest absolute Gasteiger partial charge is 0.241 e. The van der Waals surface area contributed by atoms with Gasteiger partial charge in [0.05, 0.1) is 5.69 Å². The summed E-state index contributed by atoms with van der Waals surface area (Å²) in [6, 6.07) is 4.12. The number of fused-ring (bicyclic) bond motifs is 1. The predicted molar refractivity (Wildman–Crippen MR) is 92.8 cm³/mol. The molecule has 0 aromatic heterocycles. The van der Waals surface area contributed by atoms with Crippen molar-refractivity contribution in [3.05, 3.63) is 12.1 Å². The van der Waals surface area contributed by atoms with E-state index in [9.17, 15) is 0 Å². The number of benzene rings is 1. The number of ether oxygens (including phenoxy) is 3. The quantitative estimate of drug-likeness (QED) is 0.783. The Morgan fingerprint density at radius 1 is 1.13 bits per heavy atom. The Labute approximate surface area is 139 Å². The number of hydrogen-bond donors (Lipinski definition) is 0. The van der Waals surface area contributed by atoms with Crippen molar-refractivity contribution in [1.82, 2.24) is 0 Å². The van der Waals surface area contributed by atoms with E-state index in [0.29, 0.717) is 0 Å². The van der Waals surface area contributed by atoms with Gasteiger partial charge in [-0.05, 0) is 40.0 Å². The molecule has 1 atom stereocenters. The Hall–Kier alpha value is -1.58. The van der Waals surface area contributed by atoms with Gasteiger partial charge in [-0.15, -0.1) is 0 Å². The van der Waals surface area contributed by atoms with Crippen LogP contribution in [-0.4, -0.2) is 25.0 Å². The van der Waals surface area contributed by atoms with Crippen LogP contribution in [0.15, 0.2) is 12.1 Å². The molecule has 23 heavy (non-hydrogen) atoms. The lowest BCUT2D eigenvalue weighted by atomic mass is 10.1. The maximum Gasteiger partial charge on any atom is 0.241 e. The highest BCUT2D eigenvalue weighted by Crippen LogP contribution is 2.46. The number of unbranched alkanes of at least 4 members (excludes halogenated alkanes) is 1. The van der Waals surface area contributed by atoms with Crippen molar-refractivity contribution in [3.63, 3.8) is 0 Å². The molecule has 0 amide bonds. The Morgan fingerprint density at radius 3 is 2.39 bits per heavy atom. The molecule has 4 nitrogen and oxygen atoms in total. The molecule has 1 aromatic carbocycles. The molecule has 0 aliphatic carbocycles. The standard InChI is InChI=1S/C19H29NO3/c1-5-6-9-18-21-16-12-14(20-10-7-8-11-20)15(13-17(16)22-18)23-19(2,3)4/h12-13,18H,5-11H2,1-4H3. The van der Waals surface area contributed by atoms with Gasteiger partial charge in [-0.1, -0.05) is 13.3 Å². The highest BCUT2D eigenvalue weighted by Gasteiger charge is 2.29. The molecule has 0 bridgehead atoms. The van der Waals surface area contributed by atoms with Crippen molar-refractivity contribution in [2.45, 2.75) is 71.7 Å². The first-order valence-corrected chi connectivity index (χ1v) is 8.91. The second-order valence-corrected chi connectivity index (χ2v) is 7.48. The summed E-state index contributed by atoms with van der Waals surface area (Å²) in [7, 11) is 0. The summed E-state index contributed by atoms with van der Waals surface area (Å²) < 4.78 is 18.2. The summed E-state index contributed by atoms with van der Waals surface area (Å²) in [6.07, 6.45) is 5.52. The molecular formula is C19H29NO3. The van der Waals surface area contributed by atoms with E-state index < -0.39 is 0 Å². The minimum absolute atomic E-state index is 0.152. The van der Waals surface area contributed by atoms with E-state index in [1.165, 1.54) is 12.8 Å². The average molecular weight is 319 g/mol. The number of nitrogens with zero attached hydrogens (tertiary/aromatic N) is 1. The molecule has 128 valence electrons. The number of rotatable bonds is 5. The molecule has 2 aliphatic rings. The van der Waals surface area contributed by atoms with Crippen molar-refractivity contribution >= 4 is 5.69 Å². The predicted octanol–water partition coefficient (Wildman–Crippen LogP) is 4.75. The maximum absolute atomic E-state index is 6.21. The minimum atomic E-state index is -0.232. The molecule has 2 heterocycles. The summed E-state index contributed by atoms with van der Waals surface area (Å²) in [5.41, 5.74) is 0.903. The fourth-order valence-electron chi connectivity index (χ4n) is 3.13. The van der Waals surface area contributed by atoms with Crippen LogP contribution in [0.2, 0.25) is 0 Å². The molecule has 1 fully saturated rings. The van der Waals surface area contributed by atoms with E-state index in [0.717, 1.165) is 55.3 Å². The molecule has 1 saturated heterocycles. The summed E-state index contributed by atoms with van der Waals surface area (Å²) >= 11 is 0. The minimum Gasteiger partial charge on any atom is -0.486 e. The monoisotopic (exact) mass is 319 g/mol. The van der Waals surface area contributed by atoms with Crippen LogP contribution in [0.5, 0.6) is 17.2 Å². The Kier molecular flexibility index (Phi) is 4.60. The lowest BCUT2D eigenvalue weighted by Gasteiger charge is -2.27. The molecule has 1 unspecified atom stereocenters. The van der Waals surface area contributed by atoms with Crippen LogP contribution < -0.4 is 19.1 Å². The Balaban J connectivity index is 1.86. The lowest BCUT2D eigenvalue weighted by Crippen LogP contribution is -2.25. The van der Waals surface area contributed by atoms with Gasteiger partial charge in [0.15, 0.2) is 11.5 Å². The van der Waals surface area contributed by atoms with Crippen LogP contribution >= 0.6 is 0 Å². The zero-order valence-electron chi connectivity index (χ0n) is 14.9. The van der Waals surface area contributed by atoms with Crippen LogP contribution in [0, 0.1) is 0 Å². The largest absolute Gasteiger partial charge is 0.486 e. The highest BCUT2D eigenvalue weighted by molar-refractivity contribution is 5.67. The van der Waals surface area contributed by atoms with Crippen LogP contribution in [0.25, 0.3) is 0 Å². The molecule has 1 aromatic rings.